The van der Waals surface area contributed by atoms with Crippen LogP contribution in [-0.4, -0.2) is 28.5 Å². The molecule has 0 fully saturated rings. The maximum atomic E-state index is 12.4. The highest BCUT2D eigenvalue weighted by atomic mass is 32.2. The van der Waals surface area contributed by atoms with E-state index in [0.717, 1.165) is 18.0 Å². The SMILES string of the molecule is CSCC(C)CNc1nccc(C(F)(F)F)n1. The lowest BCUT2D eigenvalue weighted by Crippen LogP contribution is -2.16. The van der Waals surface area contributed by atoms with Gasteiger partial charge in [0.05, 0.1) is 0 Å². The Bertz CT molecular complexity index is 357. The van der Waals surface area contributed by atoms with Crippen molar-refractivity contribution in [1.29, 1.82) is 0 Å². The molecule has 0 aliphatic heterocycles. The molecule has 0 aromatic carbocycles. The Morgan fingerprint density at radius 1 is 1.47 bits per heavy atom. The Balaban J connectivity index is 2.60. The van der Waals surface area contributed by atoms with E-state index in [2.05, 4.69) is 15.3 Å². The third-order valence-corrected chi connectivity index (χ3v) is 2.91. The van der Waals surface area contributed by atoms with E-state index in [0.29, 0.717) is 12.5 Å². The molecule has 1 aromatic heterocycles. The van der Waals surface area contributed by atoms with Crippen LogP contribution < -0.4 is 5.32 Å². The van der Waals surface area contributed by atoms with Crippen LogP contribution in [0.25, 0.3) is 0 Å². The van der Waals surface area contributed by atoms with Crippen molar-refractivity contribution < 1.29 is 13.2 Å². The highest BCUT2D eigenvalue weighted by Gasteiger charge is 2.32. The van der Waals surface area contributed by atoms with Crippen LogP contribution in [0.4, 0.5) is 19.1 Å². The van der Waals surface area contributed by atoms with E-state index in [1.54, 1.807) is 11.8 Å². The van der Waals surface area contributed by atoms with Crippen molar-refractivity contribution in [2.45, 2.75) is 13.1 Å². The van der Waals surface area contributed by atoms with Crippen molar-refractivity contribution in [3.8, 4) is 0 Å². The maximum Gasteiger partial charge on any atom is 0.433 e. The largest absolute Gasteiger partial charge is 0.433 e. The number of nitrogens with zero attached hydrogens (tertiary/aromatic N) is 2. The van der Waals surface area contributed by atoms with Gasteiger partial charge in [-0.15, -0.1) is 0 Å². The number of anilines is 1. The smallest absolute Gasteiger partial charge is 0.354 e. The first-order valence-corrected chi connectivity index (χ1v) is 6.46. The van der Waals surface area contributed by atoms with Crippen LogP contribution in [0.15, 0.2) is 12.3 Å². The number of thioether (sulfide) groups is 1. The van der Waals surface area contributed by atoms with Crippen molar-refractivity contribution in [3.05, 3.63) is 18.0 Å². The summed E-state index contributed by atoms with van der Waals surface area (Å²) in [7, 11) is 0. The summed E-state index contributed by atoms with van der Waals surface area (Å²) in [4.78, 5) is 7.18. The minimum atomic E-state index is -4.43. The molecular weight excluding hydrogens is 251 g/mol. The Morgan fingerprint density at radius 2 is 2.18 bits per heavy atom. The number of rotatable bonds is 5. The molecule has 0 bridgehead atoms. The van der Waals surface area contributed by atoms with E-state index < -0.39 is 11.9 Å². The normalized spacial score (nSPS) is 13.5. The summed E-state index contributed by atoms with van der Waals surface area (Å²) in [5, 5.41) is 2.81. The fraction of sp³-hybridized carbons (Fsp3) is 0.600. The van der Waals surface area contributed by atoms with Crippen LogP contribution >= 0.6 is 11.8 Å². The van der Waals surface area contributed by atoms with Crippen molar-refractivity contribution >= 4 is 17.7 Å². The van der Waals surface area contributed by atoms with Crippen molar-refractivity contribution in [3.63, 3.8) is 0 Å². The van der Waals surface area contributed by atoms with Crippen LogP contribution in [0.3, 0.4) is 0 Å². The van der Waals surface area contributed by atoms with E-state index in [4.69, 9.17) is 0 Å². The van der Waals surface area contributed by atoms with Crippen LogP contribution in [0.1, 0.15) is 12.6 Å². The quantitative estimate of drug-likeness (QED) is 0.888. The van der Waals surface area contributed by atoms with Gasteiger partial charge in [-0.05, 0) is 24.0 Å². The van der Waals surface area contributed by atoms with Gasteiger partial charge in [-0.25, -0.2) is 9.97 Å². The molecular formula is C10H14F3N3S. The van der Waals surface area contributed by atoms with Gasteiger partial charge in [0.2, 0.25) is 5.95 Å². The van der Waals surface area contributed by atoms with E-state index in [1.807, 2.05) is 13.2 Å². The Labute approximate surface area is 102 Å². The summed E-state index contributed by atoms with van der Waals surface area (Å²) in [6.07, 6.45) is -1.33. The molecule has 1 heterocycles. The molecule has 96 valence electrons. The van der Waals surface area contributed by atoms with Gasteiger partial charge in [0.15, 0.2) is 0 Å². The molecule has 0 aliphatic rings. The summed E-state index contributed by atoms with van der Waals surface area (Å²) < 4.78 is 37.1. The Kier molecular flexibility index (Phi) is 5.04. The lowest BCUT2D eigenvalue weighted by atomic mass is 10.2. The molecule has 0 spiro atoms. The first-order valence-electron chi connectivity index (χ1n) is 5.06. The van der Waals surface area contributed by atoms with Crippen LogP contribution in [-0.2, 0) is 6.18 Å². The summed E-state index contributed by atoms with van der Waals surface area (Å²) in [6.45, 7) is 2.57. The molecule has 1 N–H and O–H groups in total. The fourth-order valence-corrected chi connectivity index (χ4v) is 1.90. The molecule has 0 saturated heterocycles. The Hall–Kier alpha value is -0.980. The van der Waals surface area contributed by atoms with Gasteiger partial charge in [-0.1, -0.05) is 6.92 Å². The minimum absolute atomic E-state index is 0.0211. The van der Waals surface area contributed by atoms with E-state index in [1.165, 1.54) is 0 Å². The van der Waals surface area contributed by atoms with Crippen LogP contribution in [0.5, 0.6) is 0 Å². The molecule has 17 heavy (non-hydrogen) atoms. The molecule has 1 rings (SSSR count). The van der Waals surface area contributed by atoms with Crippen molar-refractivity contribution in [1.82, 2.24) is 9.97 Å². The number of hydrogen-bond donors (Lipinski definition) is 1. The van der Waals surface area contributed by atoms with Gasteiger partial charge in [-0.2, -0.15) is 24.9 Å². The highest BCUT2D eigenvalue weighted by Crippen LogP contribution is 2.27. The topological polar surface area (TPSA) is 37.8 Å². The van der Waals surface area contributed by atoms with Crippen molar-refractivity contribution in [2.75, 3.05) is 23.9 Å². The highest BCUT2D eigenvalue weighted by molar-refractivity contribution is 7.98. The molecule has 1 unspecified atom stereocenters. The zero-order valence-corrected chi connectivity index (χ0v) is 10.4. The average molecular weight is 265 g/mol. The third kappa shape index (κ3) is 4.80. The summed E-state index contributed by atoms with van der Waals surface area (Å²) in [5.74, 6) is 1.31. The van der Waals surface area contributed by atoms with Crippen LogP contribution in [0.2, 0.25) is 0 Å². The maximum absolute atomic E-state index is 12.4. The summed E-state index contributed by atoms with van der Waals surface area (Å²) >= 11 is 1.69. The van der Waals surface area contributed by atoms with Crippen molar-refractivity contribution in [2.24, 2.45) is 5.92 Å². The van der Waals surface area contributed by atoms with Gasteiger partial charge in [-0.3, -0.25) is 0 Å². The number of aromatic nitrogens is 2. The molecule has 7 heteroatoms. The molecule has 3 nitrogen and oxygen atoms in total. The zero-order valence-electron chi connectivity index (χ0n) is 9.58. The molecule has 0 aliphatic carbocycles. The standard InChI is InChI=1S/C10H14F3N3S/c1-7(6-17-2)5-15-9-14-4-3-8(16-9)10(11,12)13/h3-4,7H,5-6H2,1-2H3,(H,14,15,16). The van der Waals surface area contributed by atoms with Crippen LogP contribution in [0, 0.1) is 5.92 Å². The zero-order chi connectivity index (χ0) is 12.9. The van der Waals surface area contributed by atoms with E-state index in [-0.39, 0.29) is 5.95 Å². The van der Waals surface area contributed by atoms with E-state index >= 15 is 0 Å². The van der Waals surface area contributed by atoms with Gasteiger partial charge >= 0.3 is 6.18 Å². The second-order valence-corrected chi connectivity index (χ2v) is 4.62. The fourth-order valence-electron chi connectivity index (χ4n) is 1.21. The summed E-state index contributed by atoms with van der Waals surface area (Å²) in [6, 6.07) is 0.858. The third-order valence-electron chi connectivity index (χ3n) is 2.01. The van der Waals surface area contributed by atoms with Gasteiger partial charge in [0, 0.05) is 12.7 Å². The first-order chi connectivity index (χ1) is 7.93. The second-order valence-electron chi connectivity index (χ2n) is 3.70. The predicted molar refractivity (Wildman–Crippen MR) is 63.1 cm³/mol. The molecule has 0 amide bonds. The molecule has 0 saturated carbocycles. The van der Waals surface area contributed by atoms with Gasteiger partial charge < -0.3 is 5.32 Å². The number of halogens is 3. The molecule has 1 atom stereocenters. The molecule has 1 aromatic rings. The lowest BCUT2D eigenvalue weighted by Gasteiger charge is -2.12. The van der Waals surface area contributed by atoms with Gasteiger partial charge in [0.1, 0.15) is 5.69 Å². The second kappa shape index (κ2) is 6.09. The number of nitrogens with one attached hydrogen (secondary N) is 1. The number of hydrogen-bond acceptors (Lipinski definition) is 4. The monoisotopic (exact) mass is 265 g/mol. The van der Waals surface area contributed by atoms with E-state index in [9.17, 15) is 13.2 Å². The number of alkyl halides is 3. The average Bonchev–Trinajstić information content (AvgIpc) is 2.26. The first kappa shape index (κ1) is 14.1. The Morgan fingerprint density at radius 3 is 2.76 bits per heavy atom. The molecule has 0 radical (unpaired) electrons. The summed E-state index contributed by atoms with van der Waals surface area (Å²) in [5.41, 5.74) is -0.924. The van der Waals surface area contributed by atoms with Gasteiger partial charge in [0.25, 0.3) is 0 Å². The minimum Gasteiger partial charge on any atom is -0.354 e. The predicted octanol–water partition coefficient (Wildman–Crippen LogP) is 2.91. The lowest BCUT2D eigenvalue weighted by molar-refractivity contribution is -0.141.